The molecule has 1 fully saturated rings. The molecule has 1 saturated heterocycles. The summed E-state index contributed by atoms with van der Waals surface area (Å²) in [6, 6.07) is 18.2. The van der Waals surface area contributed by atoms with Crippen molar-refractivity contribution in [3.05, 3.63) is 88.0 Å². The van der Waals surface area contributed by atoms with Crippen LogP contribution >= 0.6 is 11.3 Å². The lowest BCUT2D eigenvalue weighted by atomic mass is 9.97. The Morgan fingerprint density at radius 3 is 2.44 bits per heavy atom. The first kappa shape index (κ1) is 22.6. The summed E-state index contributed by atoms with van der Waals surface area (Å²) in [5, 5.41) is 4.00. The minimum Gasteiger partial charge on any atom is -0.313 e. The maximum absolute atomic E-state index is 14.2. The van der Waals surface area contributed by atoms with Crippen LogP contribution in [0.5, 0.6) is 0 Å². The number of hydrogen-bond acceptors (Lipinski definition) is 4. The molecule has 168 valence electrons. The zero-order valence-corrected chi connectivity index (χ0v) is 19.5. The molecule has 1 amide bonds. The van der Waals surface area contributed by atoms with E-state index in [0.29, 0.717) is 5.56 Å². The van der Waals surface area contributed by atoms with Crippen LogP contribution in [0.4, 0.5) is 9.39 Å². The van der Waals surface area contributed by atoms with Crippen LogP contribution in [0.2, 0.25) is 0 Å². The summed E-state index contributed by atoms with van der Waals surface area (Å²) < 4.78 is 14.2. The number of piperazine rings is 1. The Morgan fingerprint density at radius 2 is 1.78 bits per heavy atom. The van der Waals surface area contributed by atoms with Gasteiger partial charge < -0.3 is 10.2 Å². The van der Waals surface area contributed by atoms with Gasteiger partial charge >= 0.3 is 0 Å². The van der Waals surface area contributed by atoms with E-state index < -0.39 is 0 Å². The van der Waals surface area contributed by atoms with Crippen LogP contribution < -0.4 is 5.32 Å². The third kappa shape index (κ3) is 5.09. The summed E-state index contributed by atoms with van der Waals surface area (Å²) in [5.41, 5.74) is 2.60. The van der Waals surface area contributed by atoms with Gasteiger partial charge in [0.15, 0.2) is 0 Å². The van der Waals surface area contributed by atoms with Crippen LogP contribution in [0.1, 0.15) is 46.3 Å². The number of nitrogens with zero attached hydrogens (tertiary/aromatic N) is 2. The lowest BCUT2D eigenvalue weighted by molar-refractivity contribution is 0.102. The van der Waals surface area contributed by atoms with Crippen LogP contribution in [0.15, 0.2) is 60.7 Å². The van der Waals surface area contributed by atoms with Gasteiger partial charge in [-0.25, -0.2) is 4.39 Å². The monoisotopic (exact) mass is 451 g/mol. The predicted octanol–water partition coefficient (Wildman–Crippen LogP) is 5.43. The van der Waals surface area contributed by atoms with Crippen molar-refractivity contribution in [2.24, 2.45) is 0 Å². The Balaban J connectivity index is 1.72. The highest BCUT2D eigenvalue weighted by Crippen LogP contribution is 2.40. The van der Waals surface area contributed by atoms with Crippen molar-refractivity contribution in [2.45, 2.75) is 26.3 Å². The molecule has 3 aromatic rings. The lowest BCUT2D eigenvalue weighted by Crippen LogP contribution is -2.47. The molecule has 1 N–H and O–H groups in total. The number of aryl methyl sites for hydroxylation is 1. The van der Waals surface area contributed by atoms with Crippen molar-refractivity contribution in [3.8, 4) is 0 Å². The van der Waals surface area contributed by atoms with Gasteiger partial charge in [-0.2, -0.15) is 0 Å². The maximum Gasteiger partial charge on any atom is 0.256 e. The second kappa shape index (κ2) is 10.4. The first-order valence-corrected chi connectivity index (χ1v) is 12.1. The number of carbonyl (C=O) groups excluding carboxylic acids is 1. The van der Waals surface area contributed by atoms with Crippen LogP contribution in [0.25, 0.3) is 0 Å². The average Bonchev–Trinajstić information content (AvgIpc) is 3.22. The first-order valence-electron chi connectivity index (χ1n) is 11.3. The number of nitrogens with one attached hydrogen (secondary N) is 1. The van der Waals surface area contributed by atoms with Crippen molar-refractivity contribution < 1.29 is 9.18 Å². The fourth-order valence-corrected chi connectivity index (χ4v) is 5.32. The largest absolute Gasteiger partial charge is 0.313 e. The number of thiophene rings is 1. The predicted molar refractivity (Wildman–Crippen MR) is 130 cm³/mol. The van der Waals surface area contributed by atoms with E-state index in [-0.39, 0.29) is 17.8 Å². The van der Waals surface area contributed by atoms with Crippen molar-refractivity contribution >= 4 is 22.2 Å². The fraction of sp³-hybridized carbons (Fsp3) is 0.346. The molecular formula is C26H30FN3OS. The molecule has 32 heavy (non-hydrogen) atoms. The van der Waals surface area contributed by atoms with Crippen molar-refractivity contribution in [2.75, 3.05) is 38.0 Å². The number of amides is 1. The van der Waals surface area contributed by atoms with Gasteiger partial charge in [0, 0.05) is 42.2 Å². The van der Waals surface area contributed by atoms with Gasteiger partial charge in [0.05, 0.1) is 6.04 Å². The molecular weight excluding hydrogens is 421 g/mol. The first-order chi connectivity index (χ1) is 15.6. The number of anilines is 1. The molecule has 0 aliphatic carbocycles. The third-order valence-electron chi connectivity index (χ3n) is 6.10. The standard InChI is InChI=1S/C26H30FN3OS/c1-3-22-18-23(26(32-22)28-25(31)19-9-6-5-7-10-19)24(20-11-8-12-21(27)17-20)30-15-13-29(4-2)14-16-30/h5-12,17-18,24H,3-4,13-16H2,1-2H3,(H,28,31)/t24-/m0/s1. The SMILES string of the molecule is CCc1cc([C@H](c2cccc(F)c2)N2CCN(CC)CC2)c(NC(=O)c2ccccc2)s1. The number of benzene rings is 2. The Labute approximate surface area is 193 Å². The van der Waals surface area contributed by atoms with E-state index >= 15 is 0 Å². The Morgan fingerprint density at radius 1 is 1.03 bits per heavy atom. The molecule has 1 atom stereocenters. The van der Waals surface area contributed by atoms with Gasteiger partial charge in [-0.05, 0) is 48.9 Å². The summed E-state index contributed by atoms with van der Waals surface area (Å²) in [7, 11) is 0. The van der Waals surface area contributed by atoms with Gasteiger partial charge in [-0.3, -0.25) is 9.69 Å². The molecule has 2 aromatic carbocycles. The summed E-state index contributed by atoms with van der Waals surface area (Å²) in [6.07, 6.45) is 0.887. The lowest BCUT2D eigenvalue weighted by Gasteiger charge is -2.39. The van der Waals surface area contributed by atoms with E-state index in [1.807, 2.05) is 36.4 Å². The molecule has 0 spiro atoms. The van der Waals surface area contributed by atoms with Crippen LogP contribution in [-0.2, 0) is 6.42 Å². The zero-order valence-electron chi connectivity index (χ0n) is 18.7. The van der Waals surface area contributed by atoms with Gasteiger partial charge in [-0.1, -0.05) is 44.2 Å². The molecule has 0 saturated carbocycles. The molecule has 1 aliphatic heterocycles. The summed E-state index contributed by atoms with van der Waals surface area (Å²) in [6.45, 7) is 9.11. The zero-order chi connectivity index (χ0) is 22.5. The van der Waals surface area contributed by atoms with Gasteiger partial charge in [0.2, 0.25) is 0 Å². The quantitative estimate of drug-likeness (QED) is 0.520. The molecule has 0 bridgehead atoms. The molecule has 1 aliphatic rings. The second-order valence-electron chi connectivity index (χ2n) is 8.10. The number of likely N-dealkylation sites (N-methyl/N-ethyl adjacent to an activating group) is 1. The summed E-state index contributed by atoms with van der Waals surface area (Å²) in [4.78, 5) is 19.0. The molecule has 0 radical (unpaired) electrons. The Kier molecular flexibility index (Phi) is 7.35. The topological polar surface area (TPSA) is 35.6 Å². The number of hydrogen-bond donors (Lipinski definition) is 1. The summed E-state index contributed by atoms with van der Waals surface area (Å²) in [5.74, 6) is -0.356. The molecule has 6 heteroatoms. The highest BCUT2D eigenvalue weighted by molar-refractivity contribution is 7.16. The minimum absolute atomic E-state index is 0.104. The van der Waals surface area contributed by atoms with Gasteiger partial charge in [0.1, 0.15) is 10.8 Å². The van der Waals surface area contributed by atoms with E-state index in [1.165, 1.54) is 10.9 Å². The molecule has 4 nitrogen and oxygen atoms in total. The van der Waals surface area contributed by atoms with E-state index in [2.05, 4.69) is 35.0 Å². The Hall–Kier alpha value is -2.54. The molecule has 0 unspecified atom stereocenters. The maximum atomic E-state index is 14.2. The van der Waals surface area contributed by atoms with Crippen LogP contribution in [0.3, 0.4) is 0 Å². The van der Waals surface area contributed by atoms with Crippen molar-refractivity contribution in [1.82, 2.24) is 9.80 Å². The van der Waals surface area contributed by atoms with Crippen molar-refractivity contribution in [1.29, 1.82) is 0 Å². The summed E-state index contributed by atoms with van der Waals surface area (Å²) >= 11 is 1.62. The number of halogens is 1. The number of rotatable bonds is 7. The highest BCUT2D eigenvalue weighted by atomic mass is 32.1. The average molecular weight is 452 g/mol. The van der Waals surface area contributed by atoms with Gasteiger partial charge in [0.25, 0.3) is 5.91 Å². The van der Waals surface area contributed by atoms with E-state index in [4.69, 9.17) is 0 Å². The fourth-order valence-electron chi connectivity index (χ4n) is 4.30. The molecule has 4 rings (SSSR count). The molecule has 2 heterocycles. The molecule has 1 aromatic heterocycles. The van der Waals surface area contributed by atoms with E-state index in [1.54, 1.807) is 23.5 Å². The Bertz CT molecular complexity index is 1040. The third-order valence-corrected chi connectivity index (χ3v) is 7.31. The second-order valence-corrected chi connectivity index (χ2v) is 9.24. The van der Waals surface area contributed by atoms with Crippen LogP contribution in [-0.4, -0.2) is 48.4 Å². The van der Waals surface area contributed by atoms with E-state index in [9.17, 15) is 9.18 Å². The smallest absolute Gasteiger partial charge is 0.256 e. The van der Waals surface area contributed by atoms with Crippen molar-refractivity contribution in [3.63, 3.8) is 0 Å². The number of carbonyl (C=O) groups is 1. The van der Waals surface area contributed by atoms with Gasteiger partial charge in [-0.15, -0.1) is 11.3 Å². The van der Waals surface area contributed by atoms with E-state index in [0.717, 1.165) is 55.3 Å². The normalized spacial score (nSPS) is 16.1. The highest BCUT2D eigenvalue weighted by Gasteiger charge is 2.30. The van der Waals surface area contributed by atoms with Crippen LogP contribution in [0, 0.1) is 5.82 Å². The minimum atomic E-state index is -0.236.